The Labute approximate surface area is 116 Å². The molecule has 0 atom stereocenters. The van der Waals surface area contributed by atoms with E-state index < -0.39 is 0 Å². The minimum atomic E-state index is 0.260. The number of aliphatic hydroxyl groups is 1. The highest BCUT2D eigenvalue weighted by Gasteiger charge is 2.06. The second kappa shape index (κ2) is 8.88. The maximum atomic E-state index is 8.72. The number of unbranched alkanes of at least 4 members (excludes halogenated alkanes) is 2. The molecule has 2 N–H and O–H groups in total. The van der Waals surface area contributed by atoms with Gasteiger partial charge in [0, 0.05) is 24.9 Å². The molecule has 0 aliphatic rings. The van der Waals surface area contributed by atoms with E-state index in [1.807, 2.05) is 19.1 Å². The first-order chi connectivity index (χ1) is 9.13. The van der Waals surface area contributed by atoms with Crippen molar-refractivity contribution in [1.82, 2.24) is 10.3 Å². The molecule has 0 spiro atoms. The zero-order chi connectivity index (χ0) is 14.1. The minimum absolute atomic E-state index is 0.260. The number of nitrogens with zero attached hydrogens (tertiary/aromatic N) is 1. The Morgan fingerprint density at radius 2 is 2.05 bits per heavy atom. The molecule has 4 nitrogen and oxygen atoms in total. The van der Waals surface area contributed by atoms with E-state index in [4.69, 9.17) is 9.84 Å². The summed E-state index contributed by atoms with van der Waals surface area (Å²) in [6.07, 6.45) is 2.80. The first-order valence-corrected chi connectivity index (χ1v) is 7.07. The molecule has 0 fully saturated rings. The number of rotatable bonds is 9. The molecule has 0 radical (unpaired) electrons. The lowest BCUT2D eigenvalue weighted by Gasteiger charge is -2.13. The molecule has 19 heavy (non-hydrogen) atoms. The van der Waals surface area contributed by atoms with E-state index in [1.165, 1.54) is 0 Å². The van der Waals surface area contributed by atoms with Crippen molar-refractivity contribution in [3.8, 4) is 5.75 Å². The van der Waals surface area contributed by atoms with Gasteiger partial charge >= 0.3 is 0 Å². The number of aliphatic hydroxyl groups excluding tert-OH is 1. The third kappa shape index (κ3) is 6.55. The largest absolute Gasteiger partial charge is 0.492 e. The number of nitrogens with one attached hydrogen (secondary N) is 1. The summed E-state index contributed by atoms with van der Waals surface area (Å²) in [5.41, 5.74) is 1.98. The summed E-state index contributed by atoms with van der Waals surface area (Å²) in [5.74, 6) is 0.864. The molecule has 0 saturated heterocycles. The topological polar surface area (TPSA) is 54.4 Å². The van der Waals surface area contributed by atoms with Crippen molar-refractivity contribution in [1.29, 1.82) is 0 Å². The third-order valence-corrected chi connectivity index (χ3v) is 2.81. The van der Waals surface area contributed by atoms with Crippen molar-refractivity contribution >= 4 is 0 Å². The van der Waals surface area contributed by atoms with Crippen molar-refractivity contribution in [2.75, 3.05) is 13.2 Å². The molecule has 1 heterocycles. The van der Waals surface area contributed by atoms with Crippen LogP contribution in [-0.2, 0) is 6.54 Å². The van der Waals surface area contributed by atoms with Gasteiger partial charge in [0.25, 0.3) is 0 Å². The summed E-state index contributed by atoms with van der Waals surface area (Å²) in [4.78, 5) is 4.53. The molecule has 0 bridgehead atoms. The quantitative estimate of drug-likeness (QED) is 0.674. The Morgan fingerprint density at radius 1 is 1.26 bits per heavy atom. The van der Waals surface area contributed by atoms with Gasteiger partial charge < -0.3 is 15.2 Å². The van der Waals surface area contributed by atoms with Gasteiger partial charge in [-0.1, -0.05) is 13.8 Å². The summed E-state index contributed by atoms with van der Waals surface area (Å²) >= 11 is 0. The van der Waals surface area contributed by atoms with Crippen LogP contribution in [0.3, 0.4) is 0 Å². The van der Waals surface area contributed by atoms with E-state index in [0.29, 0.717) is 12.6 Å². The fourth-order valence-electron chi connectivity index (χ4n) is 1.73. The van der Waals surface area contributed by atoms with Crippen LogP contribution in [0.2, 0.25) is 0 Å². The zero-order valence-corrected chi connectivity index (χ0v) is 12.3. The number of pyridine rings is 1. The second-order valence-corrected chi connectivity index (χ2v) is 5.07. The zero-order valence-electron chi connectivity index (χ0n) is 12.3. The number of ether oxygens (including phenoxy) is 1. The summed E-state index contributed by atoms with van der Waals surface area (Å²) in [6, 6.07) is 4.40. The van der Waals surface area contributed by atoms with Gasteiger partial charge in [0.1, 0.15) is 5.75 Å². The molecule has 1 aromatic rings. The van der Waals surface area contributed by atoms with Gasteiger partial charge in [0.2, 0.25) is 0 Å². The highest BCUT2D eigenvalue weighted by atomic mass is 16.5. The van der Waals surface area contributed by atoms with Crippen molar-refractivity contribution < 1.29 is 9.84 Å². The molecule has 4 heteroatoms. The van der Waals surface area contributed by atoms with Crippen LogP contribution in [0.1, 0.15) is 44.5 Å². The van der Waals surface area contributed by atoms with Crippen LogP contribution < -0.4 is 10.1 Å². The fraction of sp³-hybridized carbons (Fsp3) is 0.667. The number of hydrogen-bond donors (Lipinski definition) is 2. The summed E-state index contributed by atoms with van der Waals surface area (Å²) in [7, 11) is 0. The SMILES string of the molecule is Cc1ccc(OCCCCCO)c(CNC(C)C)n1. The molecule has 0 amide bonds. The molecule has 0 aliphatic carbocycles. The maximum absolute atomic E-state index is 8.72. The van der Waals surface area contributed by atoms with Gasteiger partial charge in [-0.2, -0.15) is 0 Å². The Morgan fingerprint density at radius 3 is 2.74 bits per heavy atom. The first kappa shape index (κ1) is 15.9. The molecule has 0 saturated carbocycles. The third-order valence-electron chi connectivity index (χ3n) is 2.81. The van der Waals surface area contributed by atoms with Gasteiger partial charge in [-0.05, 0) is 38.3 Å². The molecule has 1 aromatic heterocycles. The average molecular weight is 266 g/mol. The van der Waals surface area contributed by atoms with Crippen molar-refractivity contribution in [3.63, 3.8) is 0 Å². The molecule has 0 aromatic carbocycles. The fourth-order valence-corrected chi connectivity index (χ4v) is 1.73. The Hall–Kier alpha value is -1.13. The van der Waals surface area contributed by atoms with Crippen LogP contribution in [-0.4, -0.2) is 29.3 Å². The van der Waals surface area contributed by atoms with Crippen LogP contribution in [0.15, 0.2) is 12.1 Å². The van der Waals surface area contributed by atoms with Crippen molar-refractivity contribution in [2.24, 2.45) is 0 Å². The van der Waals surface area contributed by atoms with Crippen molar-refractivity contribution in [3.05, 3.63) is 23.5 Å². The Kier molecular flexibility index (Phi) is 7.45. The van der Waals surface area contributed by atoms with Crippen molar-refractivity contribution in [2.45, 2.75) is 52.6 Å². The summed E-state index contributed by atoms with van der Waals surface area (Å²) in [6.45, 7) is 7.89. The van der Waals surface area contributed by atoms with Gasteiger partial charge in [-0.3, -0.25) is 4.98 Å². The smallest absolute Gasteiger partial charge is 0.142 e. The number of aryl methyl sites for hydroxylation is 1. The van der Waals surface area contributed by atoms with Crippen LogP contribution >= 0.6 is 0 Å². The minimum Gasteiger partial charge on any atom is -0.492 e. The Balaban J connectivity index is 2.50. The lowest BCUT2D eigenvalue weighted by Crippen LogP contribution is -2.23. The predicted octanol–water partition coefficient (Wildman–Crippen LogP) is 2.43. The van der Waals surface area contributed by atoms with E-state index >= 15 is 0 Å². The summed E-state index contributed by atoms with van der Waals surface area (Å²) < 4.78 is 5.79. The molecular weight excluding hydrogens is 240 g/mol. The lowest BCUT2D eigenvalue weighted by atomic mass is 10.2. The maximum Gasteiger partial charge on any atom is 0.142 e. The molecule has 0 unspecified atom stereocenters. The van der Waals surface area contributed by atoms with E-state index in [-0.39, 0.29) is 6.61 Å². The highest BCUT2D eigenvalue weighted by molar-refractivity contribution is 5.29. The Bertz CT molecular complexity index is 367. The highest BCUT2D eigenvalue weighted by Crippen LogP contribution is 2.17. The number of hydrogen-bond acceptors (Lipinski definition) is 4. The predicted molar refractivity (Wildman–Crippen MR) is 77.4 cm³/mol. The summed E-state index contributed by atoms with van der Waals surface area (Å²) in [5, 5.41) is 12.1. The molecule has 1 rings (SSSR count). The van der Waals surface area contributed by atoms with Crippen LogP contribution in [0.25, 0.3) is 0 Å². The van der Waals surface area contributed by atoms with E-state index in [0.717, 1.165) is 42.9 Å². The molecule has 0 aliphatic heterocycles. The van der Waals surface area contributed by atoms with Crippen LogP contribution in [0.5, 0.6) is 5.75 Å². The van der Waals surface area contributed by atoms with Gasteiger partial charge in [0.15, 0.2) is 0 Å². The second-order valence-electron chi connectivity index (χ2n) is 5.07. The molecule has 108 valence electrons. The van der Waals surface area contributed by atoms with Gasteiger partial charge in [-0.15, -0.1) is 0 Å². The van der Waals surface area contributed by atoms with Crippen LogP contribution in [0.4, 0.5) is 0 Å². The lowest BCUT2D eigenvalue weighted by molar-refractivity contribution is 0.264. The van der Waals surface area contributed by atoms with Gasteiger partial charge in [-0.25, -0.2) is 0 Å². The van der Waals surface area contributed by atoms with Gasteiger partial charge in [0.05, 0.1) is 12.3 Å². The normalized spacial score (nSPS) is 11.0. The van der Waals surface area contributed by atoms with E-state index in [1.54, 1.807) is 0 Å². The standard InChI is InChI=1S/C15H26N2O2/c1-12(2)16-11-14-15(8-7-13(3)17-14)19-10-6-4-5-9-18/h7-8,12,16,18H,4-6,9-11H2,1-3H3. The average Bonchev–Trinajstić information content (AvgIpc) is 2.38. The van der Waals surface area contributed by atoms with E-state index in [9.17, 15) is 0 Å². The molecular formula is C15H26N2O2. The monoisotopic (exact) mass is 266 g/mol. The first-order valence-electron chi connectivity index (χ1n) is 7.07. The van der Waals surface area contributed by atoms with Crippen LogP contribution in [0, 0.1) is 6.92 Å². The number of aromatic nitrogens is 1. The van der Waals surface area contributed by atoms with E-state index in [2.05, 4.69) is 24.1 Å².